The molecule has 6 nitrogen and oxygen atoms in total. The van der Waals surface area contributed by atoms with Crippen molar-refractivity contribution in [3.05, 3.63) is 0 Å². The summed E-state index contributed by atoms with van der Waals surface area (Å²) in [6.45, 7) is 1.50. The fourth-order valence-corrected chi connectivity index (χ4v) is 3.23. The van der Waals surface area contributed by atoms with Gasteiger partial charge in [-0.1, -0.05) is 5.92 Å². The SMILES string of the molecule is CC#CC(=O)N1CCS(=O)(=O)CC1CC(=O)O. The minimum absolute atomic E-state index is 0.00773. The highest BCUT2D eigenvalue weighted by molar-refractivity contribution is 7.91. The first-order valence-electron chi connectivity index (χ1n) is 5.01. The zero-order valence-corrected chi connectivity index (χ0v) is 10.2. The number of nitrogens with zero attached hydrogens (tertiary/aromatic N) is 1. The van der Waals surface area contributed by atoms with Crippen LogP contribution in [0.25, 0.3) is 0 Å². The second kappa shape index (κ2) is 5.19. The number of sulfone groups is 1. The van der Waals surface area contributed by atoms with E-state index in [1.807, 2.05) is 0 Å². The third kappa shape index (κ3) is 3.75. The Morgan fingerprint density at radius 3 is 2.65 bits per heavy atom. The van der Waals surface area contributed by atoms with Crippen LogP contribution < -0.4 is 0 Å². The molecule has 0 aliphatic carbocycles. The van der Waals surface area contributed by atoms with E-state index in [-0.39, 0.29) is 24.5 Å². The van der Waals surface area contributed by atoms with E-state index in [1.54, 1.807) is 0 Å². The third-order valence-corrected chi connectivity index (χ3v) is 4.13. The number of amides is 1. The Kier molecular flexibility index (Phi) is 4.12. The highest BCUT2D eigenvalue weighted by Crippen LogP contribution is 2.15. The van der Waals surface area contributed by atoms with E-state index in [9.17, 15) is 18.0 Å². The van der Waals surface area contributed by atoms with Crippen molar-refractivity contribution in [2.75, 3.05) is 18.1 Å². The maximum Gasteiger partial charge on any atom is 0.305 e. The number of carboxylic acid groups (broad SMARTS) is 1. The van der Waals surface area contributed by atoms with Gasteiger partial charge < -0.3 is 10.0 Å². The standard InChI is InChI=1S/C10H13NO5S/c1-2-3-9(12)11-4-5-17(15,16)7-8(11)6-10(13)14/h8H,4-7H2,1H3,(H,13,14). The summed E-state index contributed by atoms with van der Waals surface area (Å²) in [5.74, 6) is 2.62. The summed E-state index contributed by atoms with van der Waals surface area (Å²) in [5, 5.41) is 8.70. The van der Waals surface area contributed by atoms with Crippen molar-refractivity contribution >= 4 is 21.7 Å². The molecule has 17 heavy (non-hydrogen) atoms. The maximum atomic E-state index is 11.6. The van der Waals surface area contributed by atoms with Crippen molar-refractivity contribution in [1.82, 2.24) is 4.90 Å². The zero-order chi connectivity index (χ0) is 13.1. The highest BCUT2D eigenvalue weighted by Gasteiger charge is 2.34. The van der Waals surface area contributed by atoms with Gasteiger partial charge in [0.1, 0.15) is 0 Å². The summed E-state index contributed by atoms with van der Waals surface area (Å²) in [4.78, 5) is 23.4. The Labute approximate surface area is 99.5 Å². The summed E-state index contributed by atoms with van der Waals surface area (Å²) < 4.78 is 22.8. The number of hydrogen-bond acceptors (Lipinski definition) is 4. The van der Waals surface area contributed by atoms with Crippen molar-refractivity contribution in [2.45, 2.75) is 19.4 Å². The van der Waals surface area contributed by atoms with Crippen LogP contribution in [0, 0.1) is 11.8 Å². The molecule has 1 aliphatic heterocycles. The molecule has 0 bridgehead atoms. The van der Waals surface area contributed by atoms with Crippen molar-refractivity contribution in [1.29, 1.82) is 0 Å². The van der Waals surface area contributed by atoms with Gasteiger partial charge in [-0.25, -0.2) is 8.42 Å². The van der Waals surface area contributed by atoms with Crippen molar-refractivity contribution < 1.29 is 23.1 Å². The molecule has 1 N–H and O–H groups in total. The molecule has 1 fully saturated rings. The van der Waals surface area contributed by atoms with Gasteiger partial charge in [-0.05, 0) is 12.8 Å². The normalized spacial score (nSPS) is 22.4. The largest absolute Gasteiger partial charge is 0.481 e. The quantitative estimate of drug-likeness (QED) is 0.649. The lowest BCUT2D eigenvalue weighted by atomic mass is 10.2. The van der Waals surface area contributed by atoms with E-state index in [1.165, 1.54) is 11.8 Å². The van der Waals surface area contributed by atoms with E-state index >= 15 is 0 Å². The van der Waals surface area contributed by atoms with Gasteiger partial charge in [0.2, 0.25) is 0 Å². The van der Waals surface area contributed by atoms with Crippen LogP contribution in [0.5, 0.6) is 0 Å². The number of aliphatic carboxylic acids is 1. The van der Waals surface area contributed by atoms with Gasteiger partial charge in [-0.2, -0.15) is 0 Å². The van der Waals surface area contributed by atoms with Gasteiger partial charge in [0, 0.05) is 6.54 Å². The number of rotatable bonds is 2. The Bertz CT molecular complexity index is 485. The first-order valence-corrected chi connectivity index (χ1v) is 6.83. The molecule has 1 saturated heterocycles. The van der Waals surface area contributed by atoms with E-state index in [0.29, 0.717) is 0 Å². The van der Waals surface area contributed by atoms with Crippen LogP contribution in [0.3, 0.4) is 0 Å². The van der Waals surface area contributed by atoms with Crippen LogP contribution >= 0.6 is 0 Å². The Hall–Kier alpha value is -1.55. The molecule has 0 aromatic rings. The monoisotopic (exact) mass is 259 g/mol. The summed E-state index contributed by atoms with van der Waals surface area (Å²) in [6.07, 6.45) is -0.379. The lowest BCUT2D eigenvalue weighted by Crippen LogP contribution is -2.51. The second-order valence-electron chi connectivity index (χ2n) is 3.74. The summed E-state index contributed by atoms with van der Waals surface area (Å²) in [7, 11) is -3.26. The van der Waals surface area contributed by atoms with Gasteiger partial charge in [-0.3, -0.25) is 9.59 Å². The zero-order valence-electron chi connectivity index (χ0n) is 9.34. The van der Waals surface area contributed by atoms with Crippen LogP contribution in [-0.4, -0.2) is 54.4 Å². The van der Waals surface area contributed by atoms with Crippen LogP contribution in [0.1, 0.15) is 13.3 Å². The predicted octanol–water partition coefficient (Wildman–Crippen LogP) is -0.890. The van der Waals surface area contributed by atoms with E-state index < -0.39 is 27.8 Å². The minimum atomic E-state index is -3.26. The molecular formula is C10H13NO5S. The van der Waals surface area contributed by atoms with Crippen LogP contribution in [-0.2, 0) is 19.4 Å². The molecule has 0 radical (unpaired) electrons. The third-order valence-electron chi connectivity index (χ3n) is 2.43. The topological polar surface area (TPSA) is 91.8 Å². The fourth-order valence-electron chi connectivity index (χ4n) is 1.70. The molecule has 0 aromatic heterocycles. The second-order valence-corrected chi connectivity index (χ2v) is 5.97. The van der Waals surface area contributed by atoms with E-state index in [4.69, 9.17) is 5.11 Å². The molecule has 0 saturated carbocycles. The minimum Gasteiger partial charge on any atom is -0.481 e. The maximum absolute atomic E-state index is 11.6. The summed E-state index contributed by atoms with van der Waals surface area (Å²) >= 11 is 0. The molecular weight excluding hydrogens is 246 g/mol. The van der Waals surface area contributed by atoms with E-state index in [0.717, 1.165) is 0 Å². The van der Waals surface area contributed by atoms with Crippen molar-refractivity contribution in [3.8, 4) is 11.8 Å². The van der Waals surface area contributed by atoms with Crippen LogP contribution in [0.4, 0.5) is 0 Å². The average Bonchev–Trinajstić information content (AvgIpc) is 2.15. The first-order chi connectivity index (χ1) is 7.85. The number of hydrogen-bond donors (Lipinski definition) is 1. The van der Waals surface area contributed by atoms with Gasteiger partial charge in [0.05, 0.1) is 24.0 Å². The number of carbonyl (C=O) groups excluding carboxylic acids is 1. The Morgan fingerprint density at radius 1 is 1.47 bits per heavy atom. The lowest BCUT2D eigenvalue weighted by molar-refractivity contribution is -0.139. The molecule has 1 unspecified atom stereocenters. The average molecular weight is 259 g/mol. The molecule has 1 rings (SSSR count). The number of carboxylic acids is 1. The molecule has 1 aliphatic rings. The lowest BCUT2D eigenvalue weighted by Gasteiger charge is -2.33. The van der Waals surface area contributed by atoms with Gasteiger partial charge in [-0.15, -0.1) is 0 Å². The summed E-state index contributed by atoms with van der Waals surface area (Å²) in [5.41, 5.74) is 0. The molecule has 94 valence electrons. The van der Waals surface area contributed by atoms with Crippen LogP contribution in [0.2, 0.25) is 0 Å². The first kappa shape index (κ1) is 13.5. The Balaban J connectivity index is 2.90. The van der Waals surface area contributed by atoms with Crippen molar-refractivity contribution in [2.24, 2.45) is 0 Å². The molecule has 7 heteroatoms. The van der Waals surface area contributed by atoms with Crippen LogP contribution in [0.15, 0.2) is 0 Å². The van der Waals surface area contributed by atoms with E-state index in [2.05, 4.69) is 11.8 Å². The predicted molar refractivity (Wildman–Crippen MR) is 59.9 cm³/mol. The Morgan fingerprint density at radius 2 is 2.12 bits per heavy atom. The molecule has 1 atom stereocenters. The molecule has 1 heterocycles. The van der Waals surface area contributed by atoms with Gasteiger partial charge in [0.15, 0.2) is 9.84 Å². The molecule has 0 spiro atoms. The fraction of sp³-hybridized carbons (Fsp3) is 0.600. The van der Waals surface area contributed by atoms with Gasteiger partial charge in [0.25, 0.3) is 5.91 Å². The number of carbonyl (C=O) groups is 2. The molecule has 0 aromatic carbocycles. The molecule has 1 amide bonds. The van der Waals surface area contributed by atoms with Crippen molar-refractivity contribution in [3.63, 3.8) is 0 Å². The highest BCUT2D eigenvalue weighted by atomic mass is 32.2. The smallest absolute Gasteiger partial charge is 0.305 e. The summed E-state index contributed by atoms with van der Waals surface area (Å²) in [6, 6.07) is -0.820. The van der Waals surface area contributed by atoms with Gasteiger partial charge >= 0.3 is 5.97 Å².